The molecule has 0 bridgehead atoms. The van der Waals surface area contributed by atoms with Crippen molar-refractivity contribution in [2.75, 3.05) is 5.32 Å². The predicted molar refractivity (Wildman–Crippen MR) is 92.1 cm³/mol. The molecule has 6 nitrogen and oxygen atoms in total. The van der Waals surface area contributed by atoms with Crippen LogP contribution in [-0.4, -0.2) is 34.4 Å². The Hall–Kier alpha value is -2.55. The summed E-state index contributed by atoms with van der Waals surface area (Å²) >= 11 is 1.37. The SMILES string of the molecule is Cc1cnc(NC(=O)C2CCC(=O)N2Cc2ccc(OC(F)F)cc2)s1. The van der Waals surface area contributed by atoms with Crippen LogP contribution in [0.4, 0.5) is 13.9 Å². The van der Waals surface area contributed by atoms with Crippen LogP contribution in [0, 0.1) is 6.92 Å². The van der Waals surface area contributed by atoms with E-state index in [1.807, 2.05) is 6.92 Å². The highest BCUT2D eigenvalue weighted by atomic mass is 32.1. The molecule has 1 aliphatic rings. The number of hydrogen-bond acceptors (Lipinski definition) is 5. The highest BCUT2D eigenvalue weighted by molar-refractivity contribution is 7.15. The second-order valence-corrected chi connectivity index (χ2v) is 7.10. The van der Waals surface area contributed by atoms with Crippen molar-refractivity contribution in [1.82, 2.24) is 9.88 Å². The van der Waals surface area contributed by atoms with Crippen LogP contribution in [0.2, 0.25) is 0 Å². The average molecular weight is 381 g/mol. The number of aryl methyl sites for hydroxylation is 1. The smallest absolute Gasteiger partial charge is 0.387 e. The maximum absolute atomic E-state index is 12.5. The molecule has 1 aliphatic heterocycles. The number of amides is 2. The van der Waals surface area contributed by atoms with Crippen molar-refractivity contribution in [2.45, 2.75) is 39.0 Å². The van der Waals surface area contributed by atoms with E-state index in [0.29, 0.717) is 18.0 Å². The molecular formula is C17H17F2N3O3S. The Morgan fingerprint density at radius 1 is 1.42 bits per heavy atom. The van der Waals surface area contributed by atoms with Gasteiger partial charge in [0.2, 0.25) is 11.8 Å². The second kappa shape index (κ2) is 7.77. The van der Waals surface area contributed by atoms with Gasteiger partial charge in [0.1, 0.15) is 11.8 Å². The molecule has 26 heavy (non-hydrogen) atoms. The summed E-state index contributed by atoms with van der Waals surface area (Å²) in [6.45, 7) is -0.772. The Kier molecular flexibility index (Phi) is 5.46. The van der Waals surface area contributed by atoms with Crippen LogP contribution in [0.5, 0.6) is 5.75 Å². The first-order chi connectivity index (χ1) is 12.4. The van der Waals surface area contributed by atoms with Crippen LogP contribution >= 0.6 is 11.3 Å². The van der Waals surface area contributed by atoms with E-state index in [0.717, 1.165) is 10.4 Å². The summed E-state index contributed by atoms with van der Waals surface area (Å²) in [5.41, 5.74) is 0.727. The molecule has 0 saturated carbocycles. The summed E-state index contributed by atoms with van der Waals surface area (Å²) in [7, 11) is 0. The number of thiazole rings is 1. The standard InChI is InChI=1S/C17H17F2N3O3S/c1-10-8-20-17(26-10)21-15(24)13-6-7-14(23)22(13)9-11-2-4-12(5-3-11)25-16(18)19/h2-5,8,13,16H,6-7,9H2,1H3,(H,20,21,24). The number of carbonyl (C=O) groups is 2. The van der Waals surface area contributed by atoms with Crippen LogP contribution in [0.25, 0.3) is 0 Å². The number of benzene rings is 1. The van der Waals surface area contributed by atoms with Gasteiger partial charge in [-0.3, -0.25) is 9.59 Å². The maximum Gasteiger partial charge on any atom is 0.387 e. The summed E-state index contributed by atoms with van der Waals surface area (Å²) in [5, 5.41) is 3.24. The molecule has 3 rings (SSSR count). The van der Waals surface area contributed by atoms with Gasteiger partial charge in [0, 0.05) is 24.0 Å². The van der Waals surface area contributed by atoms with Crippen molar-refractivity contribution in [1.29, 1.82) is 0 Å². The Bertz CT molecular complexity index is 795. The second-order valence-electron chi connectivity index (χ2n) is 5.86. The number of nitrogens with one attached hydrogen (secondary N) is 1. The number of rotatable bonds is 6. The molecule has 2 aromatic rings. The zero-order valence-electron chi connectivity index (χ0n) is 13.9. The number of hydrogen-bond donors (Lipinski definition) is 1. The van der Waals surface area contributed by atoms with E-state index in [4.69, 9.17) is 0 Å². The lowest BCUT2D eigenvalue weighted by atomic mass is 10.1. The Morgan fingerprint density at radius 3 is 2.77 bits per heavy atom. The number of aromatic nitrogens is 1. The predicted octanol–water partition coefficient (Wildman–Crippen LogP) is 3.18. The Labute approximate surface area is 152 Å². The van der Waals surface area contributed by atoms with Gasteiger partial charge >= 0.3 is 6.61 Å². The number of likely N-dealkylation sites (tertiary alicyclic amines) is 1. The number of ether oxygens (including phenoxy) is 1. The van der Waals surface area contributed by atoms with Gasteiger partial charge in [-0.1, -0.05) is 12.1 Å². The summed E-state index contributed by atoms with van der Waals surface area (Å²) < 4.78 is 28.7. The number of halogens is 2. The first kappa shape index (κ1) is 18.2. The van der Waals surface area contributed by atoms with E-state index in [1.165, 1.54) is 28.4 Å². The van der Waals surface area contributed by atoms with Gasteiger partial charge in [-0.25, -0.2) is 4.98 Å². The summed E-state index contributed by atoms with van der Waals surface area (Å²) in [4.78, 5) is 31.2. The molecule has 1 unspecified atom stereocenters. The van der Waals surface area contributed by atoms with Crippen LogP contribution in [0.3, 0.4) is 0 Å². The number of alkyl halides is 2. The first-order valence-electron chi connectivity index (χ1n) is 7.99. The van der Waals surface area contributed by atoms with Crippen molar-refractivity contribution in [3.8, 4) is 5.75 Å². The van der Waals surface area contributed by atoms with Crippen LogP contribution in [-0.2, 0) is 16.1 Å². The molecule has 1 fully saturated rings. The van der Waals surface area contributed by atoms with Crippen LogP contribution in [0.15, 0.2) is 30.5 Å². The van der Waals surface area contributed by atoms with E-state index >= 15 is 0 Å². The number of nitrogens with zero attached hydrogens (tertiary/aromatic N) is 2. The monoisotopic (exact) mass is 381 g/mol. The Morgan fingerprint density at radius 2 is 2.15 bits per heavy atom. The van der Waals surface area contributed by atoms with Gasteiger partial charge < -0.3 is 15.0 Å². The third kappa shape index (κ3) is 4.34. The lowest BCUT2D eigenvalue weighted by Crippen LogP contribution is -2.41. The van der Waals surface area contributed by atoms with Crippen molar-refractivity contribution >= 4 is 28.3 Å². The van der Waals surface area contributed by atoms with Crippen molar-refractivity contribution in [2.24, 2.45) is 0 Å². The minimum atomic E-state index is -2.89. The van der Waals surface area contributed by atoms with Gasteiger partial charge in [0.15, 0.2) is 5.13 Å². The number of carbonyl (C=O) groups excluding carboxylic acids is 2. The maximum atomic E-state index is 12.5. The highest BCUT2D eigenvalue weighted by Gasteiger charge is 2.36. The van der Waals surface area contributed by atoms with E-state index in [2.05, 4.69) is 15.0 Å². The summed E-state index contributed by atoms with van der Waals surface area (Å²) in [6, 6.07) is 5.44. The molecule has 0 aliphatic carbocycles. The lowest BCUT2D eigenvalue weighted by Gasteiger charge is -2.23. The fourth-order valence-electron chi connectivity index (χ4n) is 2.78. The molecule has 2 amide bonds. The molecule has 0 radical (unpaired) electrons. The molecular weight excluding hydrogens is 364 g/mol. The Balaban J connectivity index is 1.66. The largest absolute Gasteiger partial charge is 0.435 e. The molecule has 1 aromatic heterocycles. The molecule has 0 spiro atoms. The average Bonchev–Trinajstić information content (AvgIpc) is 3.15. The third-order valence-corrected chi connectivity index (χ3v) is 4.81. The van der Waals surface area contributed by atoms with E-state index in [-0.39, 0.29) is 24.1 Å². The summed E-state index contributed by atoms with van der Waals surface area (Å²) in [6.07, 6.45) is 2.39. The van der Waals surface area contributed by atoms with Crippen LogP contribution in [0.1, 0.15) is 23.3 Å². The normalized spacial score (nSPS) is 17.0. The van der Waals surface area contributed by atoms with Gasteiger partial charge in [0.05, 0.1) is 0 Å². The van der Waals surface area contributed by atoms with Crippen molar-refractivity contribution < 1.29 is 23.1 Å². The van der Waals surface area contributed by atoms with Gasteiger partial charge in [-0.15, -0.1) is 11.3 Å². The number of anilines is 1. The lowest BCUT2D eigenvalue weighted by molar-refractivity contribution is -0.133. The molecule has 1 atom stereocenters. The van der Waals surface area contributed by atoms with E-state index in [1.54, 1.807) is 18.3 Å². The topological polar surface area (TPSA) is 71.5 Å². The minimum absolute atomic E-state index is 0.0462. The molecule has 9 heteroatoms. The molecule has 1 N–H and O–H groups in total. The first-order valence-corrected chi connectivity index (χ1v) is 8.80. The molecule has 138 valence electrons. The van der Waals surface area contributed by atoms with Crippen LogP contribution < -0.4 is 10.1 Å². The third-order valence-electron chi connectivity index (χ3n) is 3.98. The van der Waals surface area contributed by atoms with Crippen molar-refractivity contribution in [3.05, 3.63) is 40.9 Å². The quantitative estimate of drug-likeness (QED) is 0.834. The summed E-state index contributed by atoms with van der Waals surface area (Å²) in [5.74, 6) is -0.346. The zero-order chi connectivity index (χ0) is 18.7. The fraction of sp³-hybridized carbons (Fsp3) is 0.353. The fourth-order valence-corrected chi connectivity index (χ4v) is 3.45. The van der Waals surface area contributed by atoms with E-state index < -0.39 is 12.7 Å². The van der Waals surface area contributed by atoms with Gasteiger partial charge in [-0.2, -0.15) is 8.78 Å². The van der Waals surface area contributed by atoms with Gasteiger partial charge in [0.25, 0.3) is 0 Å². The zero-order valence-corrected chi connectivity index (χ0v) is 14.8. The molecule has 1 aromatic carbocycles. The molecule has 1 saturated heterocycles. The molecule has 2 heterocycles. The van der Waals surface area contributed by atoms with Gasteiger partial charge in [-0.05, 0) is 31.0 Å². The van der Waals surface area contributed by atoms with E-state index in [9.17, 15) is 18.4 Å². The van der Waals surface area contributed by atoms with Crippen molar-refractivity contribution in [3.63, 3.8) is 0 Å². The minimum Gasteiger partial charge on any atom is -0.435 e. The highest BCUT2D eigenvalue weighted by Crippen LogP contribution is 2.25.